The zero-order valence-corrected chi connectivity index (χ0v) is 16.7. The van der Waals surface area contributed by atoms with Crippen molar-refractivity contribution in [3.8, 4) is 0 Å². The van der Waals surface area contributed by atoms with E-state index in [0.29, 0.717) is 0 Å². The van der Waals surface area contributed by atoms with E-state index in [0.717, 1.165) is 6.42 Å². The molecule has 0 aromatic heterocycles. The highest BCUT2D eigenvalue weighted by Crippen LogP contribution is 2.42. The molecule has 1 aliphatic rings. The van der Waals surface area contributed by atoms with Gasteiger partial charge in [0.2, 0.25) is 0 Å². The number of nitrogens with two attached hydrogens (primary N) is 1. The third-order valence-corrected chi connectivity index (χ3v) is 5.97. The van der Waals surface area contributed by atoms with Crippen molar-refractivity contribution in [2.45, 2.75) is 102 Å². The second kappa shape index (κ2) is 9.19. The maximum Gasteiger partial charge on any atom is 0.0608 e. The molecular weight excluding hydrogens is 306 g/mol. The fourth-order valence-electron chi connectivity index (χ4n) is 4.64. The Bertz CT molecular complexity index is 537. The van der Waals surface area contributed by atoms with Gasteiger partial charge in [0.15, 0.2) is 0 Å². The van der Waals surface area contributed by atoms with E-state index >= 15 is 0 Å². The van der Waals surface area contributed by atoms with Gasteiger partial charge in [0.05, 0.1) is 6.61 Å². The summed E-state index contributed by atoms with van der Waals surface area (Å²) in [4.78, 5) is 0. The van der Waals surface area contributed by atoms with Gasteiger partial charge in [-0.25, -0.2) is 0 Å². The number of fused-ring (bicyclic) bond motifs is 1. The van der Waals surface area contributed by atoms with Crippen LogP contribution < -0.4 is 5.73 Å². The van der Waals surface area contributed by atoms with Gasteiger partial charge in [0.25, 0.3) is 0 Å². The van der Waals surface area contributed by atoms with Crippen LogP contribution in [0, 0.1) is 0 Å². The van der Waals surface area contributed by atoms with Crippen molar-refractivity contribution in [1.82, 2.24) is 0 Å². The van der Waals surface area contributed by atoms with E-state index in [1.807, 2.05) is 6.92 Å². The average molecular weight is 346 g/mol. The summed E-state index contributed by atoms with van der Waals surface area (Å²) in [5, 5.41) is 9.58. The molecule has 142 valence electrons. The van der Waals surface area contributed by atoms with Crippen molar-refractivity contribution in [3.63, 3.8) is 0 Å². The third kappa shape index (κ3) is 5.82. The molecule has 0 saturated carbocycles. The Morgan fingerprint density at radius 1 is 1.16 bits per heavy atom. The lowest BCUT2D eigenvalue weighted by Gasteiger charge is -2.41. The van der Waals surface area contributed by atoms with E-state index in [2.05, 4.69) is 32.0 Å². The Morgan fingerprint density at radius 3 is 2.60 bits per heavy atom. The van der Waals surface area contributed by atoms with Crippen molar-refractivity contribution in [3.05, 3.63) is 34.9 Å². The van der Waals surface area contributed by atoms with Crippen molar-refractivity contribution >= 4 is 0 Å². The number of benzene rings is 1. The summed E-state index contributed by atoms with van der Waals surface area (Å²) >= 11 is 0. The molecule has 0 amide bonds. The Morgan fingerprint density at radius 2 is 1.88 bits per heavy atom. The quantitative estimate of drug-likeness (QED) is 0.566. The van der Waals surface area contributed by atoms with Crippen LogP contribution in [-0.2, 0) is 18.3 Å². The summed E-state index contributed by atoms with van der Waals surface area (Å²) in [5.74, 6) is 0. The standard InChI is InChI=1S/C23H39NO/c1-4-5-6-7-8-9-11-19-13-14-21-20(16-19)12-10-15-22(21,2)17-23(3,24)18-25/h13-14,16,25H,4-12,15,17-18,24H2,1-3H3/t22-,23+/m0/s1. The van der Waals surface area contributed by atoms with E-state index < -0.39 is 5.54 Å². The van der Waals surface area contributed by atoms with Gasteiger partial charge < -0.3 is 10.8 Å². The van der Waals surface area contributed by atoms with Gasteiger partial charge in [-0.1, -0.05) is 64.2 Å². The van der Waals surface area contributed by atoms with E-state index in [1.165, 1.54) is 80.9 Å². The molecule has 1 aromatic carbocycles. The Balaban J connectivity index is 1.99. The summed E-state index contributed by atoms with van der Waals surface area (Å²) in [6.07, 6.45) is 13.8. The molecule has 0 radical (unpaired) electrons. The van der Waals surface area contributed by atoms with Crippen LogP contribution in [0.2, 0.25) is 0 Å². The number of aliphatic hydroxyl groups excluding tert-OH is 1. The maximum absolute atomic E-state index is 9.58. The smallest absolute Gasteiger partial charge is 0.0608 e. The first kappa shape index (κ1) is 20.5. The van der Waals surface area contributed by atoms with E-state index in [1.54, 1.807) is 0 Å². The summed E-state index contributed by atoms with van der Waals surface area (Å²) in [5.41, 5.74) is 10.4. The fourth-order valence-corrected chi connectivity index (χ4v) is 4.64. The second-order valence-electron chi connectivity index (χ2n) is 8.91. The van der Waals surface area contributed by atoms with Gasteiger partial charge in [-0.2, -0.15) is 0 Å². The second-order valence-corrected chi connectivity index (χ2v) is 8.91. The normalized spacial score (nSPS) is 22.4. The number of rotatable bonds is 10. The van der Waals surface area contributed by atoms with Crippen molar-refractivity contribution in [2.24, 2.45) is 5.73 Å². The lowest BCUT2D eigenvalue weighted by molar-refractivity contribution is 0.167. The Kier molecular flexibility index (Phi) is 7.51. The van der Waals surface area contributed by atoms with Gasteiger partial charge >= 0.3 is 0 Å². The van der Waals surface area contributed by atoms with Gasteiger partial charge in [-0.15, -0.1) is 0 Å². The monoisotopic (exact) mass is 345 g/mol. The number of aliphatic hydroxyl groups is 1. The number of hydrogen-bond acceptors (Lipinski definition) is 2. The molecule has 0 heterocycles. The molecule has 1 aliphatic carbocycles. The minimum absolute atomic E-state index is 0.0496. The van der Waals surface area contributed by atoms with E-state index in [4.69, 9.17) is 5.73 Å². The third-order valence-electron chi connectivity index (χ3n) is 5.97. The predicted molar refractivity (Wildman–Crippen MR) is 108 cm³/mol. The minimum Gasteiger partial charge on any atom is -0.394 e. The summed E-state index contributed by atoms with van der Waals surface area (Å²) in [7, 11) is 0. The molecule has 2 rings (SSSR count). The van der Waals surface area contributed by atoms with Crippen LogP contribution in [0.1, 0.15) is 95.2 Å². The lowest BCUT2D eigenvalue weighted by atomic mass is 9.65. The van der Waals surface area contributed by atoms with Crippen LogP contribution in [0.3, 0.4) is 0 Å². The molecule has 0 bridgehead atoms. The molecule has 1 aromatic rings. The number of aryl methyl sites for hydroxylation is 2. The molecule has 2 atom stereocenters. The number of unbranched alkanes of at least 4 members (excludes halogenated alkanes) is 5. The Labute approximate surface area is 155 Å². The molecule has 0 saturated heterocycles. The zero-order chi connectivity index (χ0) is 18.3. The topological polar surface area (TPSA) is 46.2 Å². The molecule has 0 fully saturated rings. The summed E-state index contributed by atoms with van der Waals surface area (Å²) in [6, 6.07) is 7.14. The number of hydrogen-bond donors (Lipinski definition) is 2. The van der Waals surface area contributed by atoms with Crippen molar-refractivity contribution < 1.29 is 5.11 Å². The molecule has 0 unspecified atom stereocenters. The van der Waals surface area contributed by atoms with Crippen LogP contribution in [0.5, 0.6) is 0 Å². The predicted octanol–water partition coefficient (Wildman–Crippen LogP) is 5.28. The van der Waals surface area contributed by atoms with Crippen LogP contribution >= 0.6 is 0 Å². The molecule has 2 heteroatoms. The molecule has 2 nitrogen and oxygen atoms in total. The first-order chi connectivity index (χ1) is 11.9. The molecule has 0 spiro atoms. The minimum atomic E-state index is -0.499. The average Bonchev–Trinajstić information content (AvgIpc) is 2.57. The zero-order valence-electron chi connectivity index (χ0n) is 16.7. The van der Waals surface area contributed by atoms with Crippen LogP contribution in [0.15, 0.2) is 18.2 Å². The first-order valence-electron chi connectivity index (χ1n) is 10.4. The molecular formula is C23H39NO. The maximum atomic E-state index is 9.58. The van der Waals surface area contributed by atoms with Crippen LogP contribution in [-0.4, -0.2) is 17.3 Å². The van der Waals surface area contributed by atoms with Crippen LogP contribution in [0.4, 0.5) is 0 Å². The van der Waals surface area contributed by atoms with Crippen molar-refractivity contribution in [1.29, 1.82) is 0 Å². The highest BCUT2D eigenvalue weighted by Gasteiger charge is 2.37. The molecule has 0 aliphatic heterocycles. The molecule has 25 heavy (non-hydrogen) atoms. The van der Waals surface area contributed by atoms with Gasteiger partial charge in [0, 0.05) is 5.54 Å². The van der Waals surface area contributed by atoms with E-state index in [-0.39, 0.29) is 12.0 Å². The van der Waals surface area contributed by atoms with Gasteiger partial charge in [-0.3, -0.25) is 0 Å². The van der Waals surface area contributed by atoms with Gasteiger partial charge in [0.1, 0.15) is 0 Å². The summed E-state index contributed by atoms with van der Waals surface area (Å²) in [6.45, 7) is 6.63. The Hall–Kier alpha value is -0.860. The van der Waals surface area contributed by atoms with E-state index in [9.17, 15) is 5.11 Å². The van der Waals surface area contributed by atoms with Crippen LogP contribution in [0.25, 0.3) is 0 Å². The lowest BCUT2D eigenvalue weighted by Crippen LogP contribution is -2.47. The first-order valence-corrected chi connectivity index (χ1v) is 10.4. The fraction of sp³-hybridized carbons (Fsp3) is 0.739. The molecule has 3 N–H and O–H groups in total. The SMILES string of the molecule is CCCCCCCCc1ccc2c(c1)CCC[C@@]2(C)C[C@@](C)(N)CO. The highest BCUT2D eigenvalue weighted by molar-refractivity contribution is 5.40. The van der Waals surface area contributed by atoms with Gasteiger partial charge in [-0.05, 0) is 67.6 Å². The summed E-state index contributed by atoms with van der Waals surface area (Å²) < 4.78 is 0. The largest absolute Gasteiger partial charge is 0.394 e. The van der Waals surface area contributed by atoms with Crippen molar-refractivity contribution in [2.75, 3.05) is 6.61 Å². The highest BCUT2D eigenvalue weighted by atomic mass is 16.3.